The van der Waals surface area contributed by atoms with Gasteiger partial charge in [-0.25, -0.2) is 0 Å². The zero-order chi connectivity index (χ0) is 14.3. The standard InChI is InChI=1S/C13H21N3O2S/c1-9(2)11(14)13(18)16-7-4-6-15-12(17)10-5-3-8-19-10/h3,5,8-9,11H,4,6-7,14H2,1-2H3,(H,15,17)(H,16,18)/t11-/m0/s1. The summed E-state index contributed by atoms with van der Waals surface area (Å²) in [6.07, 6.45) is 0.688. The van der Waals surface area contributed by atoms with Crippen molar-refractivity contribution >= 4 is 23.2 Å². The van der Waals surface area contributed by atoms with Crippen LogP contribution in [0.25, 0.3) is 0 Å². The summed E-state index contributed by atoms with van der Waals surface area (Å²) in [5.41, 5.74) is 5.71. The normalized spacial score (nSPS) is 12.2. The quantitative estimate of drug-likeness (QED) is 0.652. The first-order chi connectivity index (χ1) is 9.02. The molecule has 1 aromatic heterocycles. The Hall–Kier alpha value is -1.40. The van der Waals surface area contributed by atoms with Gasteiger partial charge in [-0.05, 0) is 23.8 Å². The zero-order valence-corrected chi connectivity index (χ0v) is 12.1. The van der Waals surface area contributed by atoms with Crippen LogP contribution in [0.1, 0.15) is 29.9 Å². The first-order valence-corrected chi connectivity index (χ1v) is 7.25. The average Bonchev–Trinajstić information content (AvgIpc) is 2.90. The van der Waals surface area contributed by atoms with Gasteiger partial charge in [0.2, 0.25) is 5.91 Å². The highest BCUT2D eigenvalue weighted by Gasteiger charge is 2.16. The molecule has 0 fully saturated rings. The van der Waals surface area contributed by atoms with Crippen molar-refractivity contribution in [3.8, 4) is 0 Å². The summed E-state index contributed by atoms with van der Waals surface area (Å²) in [6, 6.07) is 3.15. The molecule has 1 rings (SSSR count). The number of carbonyl (C=O) groups is 2. The van der Waals surface area contributed by atoms with Gasteiger partial charge in [0, 0.05) is 13.1 Å². The molecule has 0 aromatic carbocycles. The van der Waals surface area contributed by atoms with E-state index in [1.165, 1.54) is 11.3 Å². The van der Waals surface area contributed by atoms with E-state index in [9.17, 15) is 9.59 Å². The predicted octanol–water partition coefficient (Wildman–Crippen LogP) is 0.967. The lowest BCUT2D eigenvalue weighted by atomic mass is 10.1. The molecule has 0 saturated heterocycles. The number of rotatable bonds is 7. The molecule has 1 heterocycles. The molecule has 1 aromatic rings. The fourth-order valence-corrected chi connectivity index (χ4v) is 2.06. The molecule has 0 radical (unpaired) electrons. The van der Waals surface area contributed by atoms with E-state index < -0.39 is 6.04 Å². The predicted molar refractivity (Wildman–Crippen MR) is 77.1 cm³/mol. The Labute approximate surface area is 117 Å². The summed E-state index contributed by atoms with van der Waals surface area (Å²) in [6.45, 7) is 4.87. The highest BCUT2D eigenvalue weighted by Crippen LogP contribution is 2.07. The number of nitrogens with two attached hydrogens (primary N) is 1. The molecule has 0 spiro atoms. The Bertz CT molecular complexity index is 404. The number of nitrogens with one attached hydrogen (secondary N) is 2. The van der Waals surface area contributed by atoms with Crippen molar-refractivity contribution in [3.05, 3.63) is 22.4 Å². The van der Waals surface area contributed by atoms with E-state index in [2.05, 4.69) is 10.6 Å². The minimum Gasteiger partial charge on any atom is -0.355 e. The summed E-state index contributed by atoms with van der Waals surface area (Å²) >= 11 is 1.41. The third kappa shape index (κ3) is 5.40. The Kier molecular flexibility index (Phi) is 6.52. The summed E-state index contributed by atoms with van der Waals surface area (Å²) in [7, 11) is 0. The van der Waals surface area contributed by atoms with Gasteiger partial charge in [0.15, 0.2) is 0 Å². The third-order valence-electron chi connectivity index (χ3n) is 2.70. The molecular formula is C13H21N3O2S. The maximum Gasteiger partial charge on any atom is 0.261 e. The topological polar surface area (TPSA) is 84.2 Å². The van der Waals surface area contributed by atoms with Crippen LogP contribution in [-0.4, -0.2) is 30.9 Å². The highest BCUT2D eigenvalue weighted by atomic mass is 32.1. The minimum absolute atomic E-state index is 0.0693. The van der Waals surface area contributed by atoms with Gasteiger partial charge in [-0.15, -0.1) is 11.3 Å². The molecule has 0 bridgehead atoms. The fraction of sp³-hybridized carbons (Fsp3) is 0.538. The van der Waals surface area contributed by atoms with E-state index in [1.54, 1.807) is 6.07 Å². The Morgan fingerprint density at radius 3 is 2.58 bits per heavy atom. The molecule has 5 nitrogen and oxygen atoms in total. The summed E-state index contributed by atoms with van der Waals surface area (Å²) < 4.78 is 0. The van der Waals surface area contributed by atoms with Crippen LogP contribution >= 0.6 is 11.3 Å². The highest BCUT2D eigenvalue weighted by molar-refractivity contribution is 7.12. The third-order valence-corrected chi connectivity index (χ3v) is 3.57. The van der Waals surface area contributed by atoms with E-state index in [-0.39, 0.29) is 17.7 Å². The first kappa shape index (κ1) is 15.7. The monoisotopic (exact) mass is 283 g/mol. The smallest absolute Gasteiger partial charge is 0.261 e. The number of hydrogen-bond donors (Lipinski definition) is 3. The van der Waals surface area contributed by atoms with Gasteiger partial charge >= 0.3 is 0 Å². The van der Waals surface area contributed by atoms with Crippen molar-refractivity contribution in [3.63, 3.8) is 0 Å². The summed E-state index contributed by atoms with van der Waals surface area (Å²) in [5.74, 6) is -0.0849. The summed E-state index contributed by atoms with van der Waals surface area (Å²) in [4.78, 5) is 23.8. The van der Waals surface area contributed by atoms with Gasteiger partial charge in [0.1, 0.15) is 0 Å². The van der Waals surface area contributed by atoms with E-state index in [0.717, 1.165) is 0 Å². The van der Waals surface area contributed by atoms with Crippen molar-refractivity contribution in [2.45, 2.75) is 26.3 Å². The molecule has 1 atom stereocenters. The van der Waals surface area contributed by atoms with Gasteiger partial charge in [0.05, 0.1) is 10.9 Å². The van der Waals surface area contributed by atoms with Gasteiger partial charge in [-0.3, -0.25) is 9.59 Å². The van der Waals surface area contributed by atoms with Crippen LogP contribution in [0.4, 0.5) is 0 Å². The maximum atomic E-state index is 11.6. The molecule has 0 aliphatic heterocycles. The number of hydrogen-bond acceptors (Lipinski definition) is 4. The van der Waals surface area contributed by atoms with Gasteiger partial charge in [0.25, 0.3) is 5.91 Å². The minimum atomic E-state index is -0.472. The van der Waals surface area contributed by atoms with E-state index in [0.29, 0.717) is 24.4 Å². The second-order valence-corrected chi connectivity index (χ2v) is 5.60. The van der Waals surface area contributed by atoms with Crippen molar-refractivity contribution in [2.24, 2.45) is 11.7 Å². The largest absolute Gasteiger partial charge is 0.355 e. The van der Waals surface area contributed by atoms with E-state index >= 15 is 0 Å². The van der Waals surface area contributed by atoms with Gasteiger partial charge in [-0.2, -0.15) is 0 Å². The van der Waals surface area contributed by atoms with Gasteiger partial charge in [-0.1, -0.05) is 19.9 Å². The molecule has 0 aliphatic carbocycles. The number of amides is 2. The van der Waals surface area contributed by atoms with Gasteiger partial charge < -0.3 is 16.4 Å². The first-order valence-electron chi connectivity index (χ1n) is 6.37. The second-order valence-electron chi connectivity index (χ2n) is 4.65. The Morgan fingerprint density at radius 2 is 2.00 bits per heavy atom. The van der Waals surface area contributed by atoms with Crippen LogP contribution in [0.3, 0.4) is 0 Å². The zero-order valence-electron chi connectivity index (χ0n) is 11.3. The van der Waals surface area contributed by atoms with Crippen LogP contribution < -0.4 is 16.4 Å². The number of carbonyl (C=O) groups excluding carboxylic acids is 2. The Balaban J connectivity index is 2.12. The molecule has 4 N–H and O–H groups in total. The van der Waals surface area contributed by atoms with Crippen molar-refractivity contribution in [1.29, 1.82) is 0 Å². The van der Waals surface area contributed by atoms with Crippen LogP contribution in [0.2, 0.25) is 0 Å². The van der Waals surface area contributed by atoms with Crippen LogP contribution in [-0.2, 0) is 4.79 Å². The summed E-state index contributed by atoms with van der Waals surface area (Å²) in [5, 5.41) is 7.42. The average molecular weight is 283 g/mol. The molecular weight excluding hydrogens is 262 g/mol. The lowest BCUT2D eigenvalue weighted by molar-refractivity contribution is -0.123. The SMILES string of the molecule is CC(C)[C@H](N)C(=O)NCCCNC(=O)c1cccs1. The molecule has 0 unspecified atom stereocenters. The molecule has 106 valence electrons. The lowest BCUT2D eigenvalue weighted by Crippen LogP contribution is -2.44. The van der Waals surface area contributed by atoms with Crippen molar-refractivity contribution in [2.75, 3.05) is 13.1 Å². The molecule has 19 heavy (non-hydrogen) atoms. The molecule has 0 aliphatic rings. The molecule has 6 heteroatoms. The van der Waals surface area contributed by atoms with Crippen molar-refractivity contribution < 1.29 is 9.59 Å². The molecule has 2 amide bonds. The van der Waals surface area contributed by atoms with E-state index in [1.807, 2.05) is 25.3 Å². The van der Waals surface area contributed by atoms with Crippen LogP contribution in [0.15, 0.2) is 17.5 Å². The van der Waals surface area contributed by atoms with Crippen molar-refractivity contribution in [1.82, 2.24) is 10.6 Å². The molecule has 0 saturated carbocycles. The van der Waals surface area contributed by atoms with E-state index in [4.69, 9.17) is 5.73 Å². The lowest BCUT2D eigenvalue weighted by Gasteiger charge is -2.15. The fourth-order valence-electron chi connectivity index (χ4n) is 1.42. The number of thiophene rings is 1. The second kappa shape index (κ2) is 7.91. The van der Waals surface area contributed by atoms with Crippen LogP contribution in [0.5, 0.6) is 0 Å². The maximum absolute atomic E-state index is 11.6. The Morgan fingerprint density at radius 1 is 1.32 bits per heavy atom. The van der Waals surface area contributed by atoms with Crippen LogP contribution in [0, 0.1) is 5.92 Å².